The molecule has 0 spiro atoms. The first-order chi connectivity index (χ1) is 9.45. The fourth-order valence-corrected chi connectivity index (χ4v) is 2.71. The molecule has 0 saturated carbocycles. The molecule has 1 fully saturated rings. The van der Waals surface area contributed by atoms with E-state index in [-0.39, 0.29) is 18.0 Å². The van der Waals surface area contributed by atoms with Crippen LogP contribution in [0.2, 0.25) is 0 Å². The van der Waals surface area contributed by atoms with Crippen molar-refractivity contribution in [3.05, 3.63) is 35.4 Å². The van der Waals surface area contributed by atoms with Gasteiger partial charge in [0.25, 0.3) is 0 Å². The summed E-state index contributed by atoms with van der Waals surface area (Å²) in [6.45, 7) is 2.86. The fraction of sp³-hybridized carbons (Fsp3) is 0.600. The molecule has 1 heterocycles. The van der Waals surface area contributed by atoms with Crippen molar-refractivity contribution in [1.29, 1.82) is 0 Å². The zero-order chi connectivity index (χ0) is 14.7. The summed E-state index contributed by atoms with van der Waals surface area (Å²) in [6, 6.07) is 3.61. The van der Waals surface area contributed by atoms with Gasteiger partial charge in [-0.3, -0.25) is 0 Å². The van der Waals surface area contributed by atoms with Crippen LogP contribution in [-0.2, 0) is 6.42 Å². The van der Waals surface area contributed by atoms with Gasteiger partial charge in [0.15, 0.2) is 0 Å². The van der Waals surface area contributed by atoms with E-state index in [9.17, 15) is 13.9 Å². The number of benzene rings is 1. The standard InChI is InChI=1S/C15H22F2N2O/c1-18-5-6-19(2)13(10-18)9-14(20)8-11-7-12(16)3-4-15(11)17/h3-4,7,13-14,20H,5-6,8-10H2,1-2H3. The third kappa shape index (κ3) is 3.98. The minimum atomic E-state index is -0.662. The molecule has 1 aromatic rings. The first-order valence-corrected chi connectivity index (χ1v) is 6.96. The minimum Gasteiger partial charge on any atom is -0.393 e. The largest absolute Gasteiger partial charge is 0.393 e. The zero-order valence-electron chi connectivity index (χ0n) is 12.0. The van der Waals surface area contributed by atoms with E-state index in [1.165, 1.54) is 0 Å². The van der Waals surface area contributed by atoms with Crippen LogP contribution in [0, 0.1) is 11.6 Å². The second kappa shape index (κ2) is 6.61. The van der Waals surface area contributed by atoms with Crippen LogP contribution in [0.3, 0.4) is 0 Å². The van der Waals surface area contributed by atoms with Gasteiger partial charge in [-0.1, -0.05) is 0 Å². The van der Waals surface area contributed by atoms with Gasteiger partial charge in [-0.05, 0) is 44.3 Å². The first kappa shape index (κ1) is 15.4. The summed E-state index contributed by atoms with van der Waals surface area (Å²) in [7, 11) is 4.09. The van der Waals surface area contributed by atoms with Crippen molar-refractivity contribution in [1.82, 2.24) is 9.80 Å². The normalized spacial score (nSPS) is 22.9. The van der Waals surface area contributed by atoms with E-state index >= 15 is 0 Å². The van der Waals surface area contributed by atoms with E-state index in [2.05, 4.69) is 16.8 Å². The summed E-state index contributed by atoms with van der Waals surface area (Å²) in [6.07, 6.45) is 0.0549. The van der Waals surface area contributed by atoms with Crippen LogP contribution in [0.15, 0.2) is 18.2 Å². The number of aliphatic hydroxyl groups is 1. The Labute approximate surface area is 118 Å². The van der Waals surface area contributed by atoms with Crippen LogP contribution in [0.25, 0.3) is 0 Å². The monoisotopic (exact) mass is 284 g/mol. The Morgan fingerprint density at radius 1 is 1.30 bits per heavy atom. The van der Waals surface area contributed by atoms with Crippen LogP contribution in [0.1, 0.15) is 12.0 Å². The molecule has 20 heavy (non-hydrogen) atoms. The van der Waals surface area contributed by atoms with Gasteiger partial charge >= 0.3 is 0 Å². The van der Waals surface area contributed by atoms with Crippen molar-refractivity contribution in [2.24, 2.45) is 0 Å². The topological polar surface area (TPSA) is 26.7 Å². The lowest BCUT2D eigenvalue weighted by atomic mass is 9.99. The van der Waals surface area contributed by atoms with Gasteiger partial charge in [0, 0.05) is 32.1 Å². The van der Waals surface area contributed by atoms with Gasteiger partial charge in [0.1, 0.15) is 11.6 Å². The van der Waals surface area contributed by atoms with E-state index in [4.69, 9.17) is 0 Å². The van der Waals surface area contributed by atoms with Gasteiger partial charge in [-0.2, -0.15) is 0 Å². The highest BCUT2D eigenvalue weighted by atomic mass is 19.1. The summed E-state index contributed by atoms with van der Waals surface area (Å²) in [5.41, 5.74) is 0.240. The van der Waals surface area contributed by atoms with E-state index in [1.54, 1.807) is 0 Å². The molecule has 2 atom stereocenters. The second-order valence-electron chi connectivity index (χ2n) is 5.73. The van der Waals surface area contributed by atoms with E-state index in [1.807, 2.05) is 7.05 Å². The van der Waals surface area contributed by atoms with Crippen molar-refractivity contribution in [2.45, 2.75) is 25.0 Å². The Balaban J connectivity index is 1.94. The molecule has 0 radical (unpaired) electrons. The molecule has 0 aromatic heterocycles. The van der Waals surface area contributed by atoms with Crippen molar-refractivity contribution in [3.8, 4) is 0 Å². The maximum absolute atomic E-state index is 13.6. The molecule has 2 rings (SSSR count). The van der Waals surface area contributed by atoms with Gasteiger partial charge in [0.2, 0.25) is 0 Å². The lowest BCUT2D eigenvalue weighted by Gasteiger charge is -2.38. The Kier molecular flexibility index (Phi) is 5.07. The average Bonchev–Trinajstić information content (AvgIpc) is 2.38. The summed E-state index contributed by atoms with van der Waals surface area (Å²) in [5.74, 6) is -0.928. The Bertz CT molecular complexity index is 455. The molecule has 112 valence electrons. The summed E-state index contributed by atoms with van der Waals surface area (Å²) < 4.78 is 26.7. The molecular formula is C15H22F2N2O. The summed E-state index contributed by atoms with van der Waals surface area (Å²) in [4.78, 5) is 4.44. The molecule has 1 aliphatic heterocycles. The molecule has 0 aliphatic carbocycles. The predicted octanol–water partition coefficient (Wildman–Crippen LogP) is 1.50. The molecule has 3 nitrogen and oxygen atoms in total. The fourth-order valence-electron chi connectivity index (χ4n) is 2.71. The highest BCUT2D eigenvalue weighted by molar-refractivity contribution is 5.19. The van der Waals surface area contributed by atoms with E-state index in [0.29, 0.717) is 6.42 Å². The third-order valence-corrected chi connectivity index (χ3v) is 3.99. The molecule has 1 aliphatic rings. The molecule has 0 bridgehead atoms. The number of aliphatic hydroxyl groups excluding tert-OH is 1. The van der Waals surface area contributed by atoms with Crippen LogP contribution >= 0.6 is 0 Å². The lowest BCUT2D eigenvalue weighted by Crippen LogP contribution is -2.51. The third-order valence-electron chi connectivity index (χ3n) is 3.99. The number of likely N-dealkylation sites (N-methyl/N-ethyl adjacent to an activating group) is 2. The Morgan fingerprint density at radius 2 is 2.05 bits per heavy atom. The van der Waals surface area contributed by atoms with Gasteiger partial charge in [-0.25, -0.2) is 8.78 Å². The van der Waals surface area contributed by atoms with Gasteiger partial charge in [0.05, 0.1) is 6.10 Å². The summed E-state index contributed by atoms with van der Waals surface area (Å²) in [5, 5.41) is 10.1. The number of nitrogens with zero attached hydrogens (tertiary/aromatic N) is 2. The van der Waals surface area contributed by atoms with E-state index in [0.717, 1.165) is 37.8 Å². The quantitative estimate of drug-likeness (QED) is 0.908. The molecular weight excluding hydrogens is 262 g/mol. The molecule has 1 saturated heterocycles. The Hall–Kier alpha value is -1.04. The van der Waals surface area contributed by atoms with Crippen LogP contribution in [-0.4, -0.2) is 60.8 Å². The van der Waals surface area contributed by atoms with Gasteiger partial charge < -0.3 is 14.9 Å². The highest BCUT2D eigenvalue weighted by Gasteiger charge is 2.25. The number of hydrogen-bond donors (Lipinski definition) is 1. The minimum absolute atomic E-state index is 0.150. The molecule has 0 amide bonds. The number of piperazine rings is 1. The molecule has 1 aromatic carbocycles. The predicted molar refractivity (Wildman–Crippen MR) is 74.6 cm³/mol. The molecule has 1 N–H and O–H groups in total. The Morgan fingerprint density at radius 3 is 2.80 bits per heavy atom. The zero-order valence-corrected chi connectivity index (χ0v) is 12.0. The second-order valence-corrected chi connectivity index (χ2v) is 5.73. The average molecular weight is 284 g/mol. The van der Waals surface area contributed by atoms with Gasteiger partial charge in [-0.15, -0.1) is 0 Å². The number of rotatable bonds is 4. The van der Waals surface area contributed by atoms with E-state index < -0.39 is 17.7 Å². The van der Waals surface area contributed by atoms with Crippen molar-refractivity contribution in [3.63, 3.8) is 0 Å². The smallest absolute Gasteiger partial charge is 0.126 e. The van der Waals surface area contributed by atoms with Crippen molar-refractivity contribution >= 4 is 0 Å². The molecule has 5 heteroatoms. The lowest BCUT2D eigenvalue weighted by molar-refractivity contribution is 0.0635. The number of hydrogen-bond acceptors (Lipinski definition) is 3. The first-order valence-electron chi connectivity index (χ1n) is 6.96. The highest BCUT2D eigenvalue weighted by Crippen LogP contribution is 2.17. The SMILES string of the molecule is CN1CCN(C)C(CC(O)Cc2cc(F)ccc2F)C1. The van der Waals surface area contributed by atoms with Crippen LogP contribution in [0.5, 0.6) is 0 Å². The number of halogens is 2. The van der Waals surface area contributed by atoms with Crippen LogP contribution < -0.4 is 0 Å². The van der Waals surface area contributed by atoms with Crippen molar-refractivity contribution < 1.29 is 13.9 Å². The van der Waals surface area contributed by atoms with Crippen molar-refractivity contribution in [2.75, 3.05) is 33.7 Å². The summed E-state index contributed by atoms with van der Waals surface area (Å²) >= 11 is 0. The molecule has 2 unspecified atom stereocenters. The maximum atomic E-state index is 13.6. The maximum Gasteiger partial charge on any atom is 0.126 e. The van der Waals surface area contributed by atoms with Crippen LogP contribution in [0.4, 0.5) is 8.78 Å².